The Kier molecular flexibility index (Phi) is 12.9. The van der Waals surface area contributed by atoms with Crippen molar-refractivity contribution in [3.05, 3.63) is 76.1 Å². The number of carbonyl (C=O) groups is 5. The number of carboxylic acid groups (broad SMARTS) is 1. The second kappa shape index (κ2) is 17.5. The molecule has 266 valence electrons. The predicted octanol–water partition coefficient (Wildman–Crippen LogP) is 1.73. The number of anilines is 1. The topological polar surface area (TPSA) is 249 Å². The number of ether oxygens (including phenoxy) is 1. The third-order valence-corrected chi connectivity index (χ3v) is 8.09. The van der Waals surface area contributed by atoms with Gasteiger partial charge in [-0.3, -0.25) is 24.2 Å². The van der Waals surface area contributed by atoms with Crippen LogP contribution in [0.25, 0.3) is 11.0 Å². The van der Waals surface area contributed by atoms with Crippen LogP contribution >= 0.6 is 0 Å². The maximum absolute atomic E-state index is 13.7. The number of aryl methyl sites for hydroxylation is 1. The number of hydrogen-bond donors (Lipinski definition) is 6. The van der Waals surface area contributed by atoms with E-state index >= 15 is 0 Å². The quantitative estimate of drug-likeness (QED) is 0.0579. The summed E-state index contributed by atoms with van der Waals surface area (Å²) in [6.07, 6.45) is -0.395. The van der Waals surface area contributed by atoms with Crippen LogP contribution < -0.4 is 33.0 Å². The van der Waals surface area contributed by atoms with E-state index in [-0.39, 0.29) is 50.5 Å². The Hall–Kier alpha value is -5.93. The van der Waals surface area contributed by atoms with Crippen molar-refractivity contribution in [2.45, 2.75) is 70.2 Å². The van der Waals surface area contributed by atoms with Crippen molar-refractivity contribution >= 4 is 52.4 Å². The standard InChI is InChI=1S/C34H41N7O9/c1-20-17-29(44)50-27-18-22(11-12-23(20)27)38-30(45)24(9-5-15-37-33(35)36)39-31(46)26-10-6-16-41(26)32(47)25(13-14-28(42)43)40-34(48)49-19-21-7-3-2-4-8-21/h2-4,7-8,11-12,17-18,24-26H,5-6,9-10,13-16,19H2,1H3,(H,38,45)(H,39,46)(H,40,48)(H,42,43)(H4,35,36,37)/t24-,25-,26-/m0/s1. The summed E-state index contributed by atoms with van der Waals surface area (Å²) < 4.78 is 10.5. The molecule has 0 saturated carbocycles. The van der Waals surface area contributed by atoms with Gasteiger partial charge >= 0.3 is 17.7 Å². The minimum absolute atomic E-state index is 0.0683. The first-order valence-electron chi connectivity index (χ1n) is 16.1. The van der Waals surface area contributed by atoms with Crippen LogP contribution in [0.15, 0.2) is 68.8 Å². The average Bonchev–Trinajstić information content (AvgIpc) is 3.57. The number of aliphatic imine (C=N–C) groups is 1. The lowest BCUT2D eigenvalue weighted by molar-refractivity contribution is -0.141. The summed E-state index contributed by atoms with van der Waals surface area (Å²) in [5.41, 5.74) is 12.3. The van der Waals surface area contributed by atoms with Crippen LogP contribution in [0.3, 0.4) is 0 Å². The van der Waals surface area contributed by atoms with Gasteiger partial charge in [0, 0.05) is 42.7 Å². The highest BCUT2D eigenvalue weighted by Crippen LogP contribution is 2.23. The number of likely N-dealkylation sites (tertiary alicyclic amines) is 1. The van der Waals surface area contributed by atoms with Gasteiger partial charge in [-0.25, -0.2) is 9.59 Å². The molecule has 0 aliphatic carbocycles. The number of carboxylic acids is 1. The van der Waals surface area contributed by atoms with Crippen LogP contribution in [0.2, 0.25) is 0 Å². The van der Waals surface area contributed by atoms with E-state index in [0.29, 0.717) is 35.0 Å². The summed E-state index contributed by atoms with van der Waals surface area (Å²) in [6.45, 7) is 2.05. The lowest BCUT2D eigenvalue weighted by Crippen LogP contribution is -2.55. The number of benzene rings is 2. The zero-order valence-corrected chi connectivity index (χ0v) is 27.6. The molecule has 1 fully saturated rings. The second-order valence-corrected chi connectivity index (χ2v) is 11.8. The number of guanidine groups is 1. The van der Waals surface area contributed by atoms with Crippen molar-refractivity contribution in [1.29, 1.82) is 0 Å². The fourth-order valence-corrected chi connectivity index (χ4v) is 5.61. The molecule has 2 heterocycles. The molecule has 8 N–H and O–H groups in total. The summed E-state index contributed by atoms with van der Waals surface area (Å²) in [5.74, 6) is -3.13. The number of nitrogens with two attached hydrogens (primary N) is 2. The van der Waals surface area contributed by atoms with Gasteiger partial charge in [0.1, 0.15) is 30.3 Å². The van der Waals surface area contributed by atoms with Gasteiger partial charge in [-0.05, 0) is 62.3 Å². The predicted molar refractivity (Wildman–Crippen MR) is 183 cm³/mol. The highest BCUT2D eigenvalue weighted by atomic mass is 16.5. The molecule has 4 amide bonds. The molecule has 3 aromatic rings. The number of carbonyl (C=O) groups excluding carboxylic acids is 4. The first-order valence-corrected chi connectivity index (χ1v) is 16.1. The van der Waals surface area contributed by atoms with Crippen LogP contribution in [0.1, 0.15) is 49.7 Å². The van der Waals surface area contributed by atoms with E-state index in [1.54, 1.807) is 49.4 Å². The van der Waals surface area contributed by atoms with Crippen LogP contribution in [0.4, 0.5) is 10.5 Å². The maximum Gasteiger partial charge on any atom is 0.408 e. The molecule has 16 nitrogen and oxygen atoms in total. The Bertz CT molecular complexity index is 1790. The first-order chi connectivity index (χ1) is 23.9. The van der Waals surface area contributed by atoms with Crippen molar-refractivity contribution in [1.82, 2.24) is 15.5 Å². The van der Waals surface area contributed by atoms with E-state index in [2.05, 4.69) is 20.9 Å². The van der Waals surface area contributed by atoms with Crippen molar-refractivity contribution in [3.63, 3.8) is 0 Å². The fraction of sp³-hybridized carbons (Fsp3) is 0.382. The van der Waals surface area contributed by atoms with Gasteiger partial charge in [0.2, 0.25) is 17.7 Å². The molecule has 50 heavy (non-hydrogen) atoms. The fourth-order valence-electron chi connectivity index (χ4n) is 5.61. The van der Waals surface area contributed by atoms with Crippen molar-refractivity contribution in [2.24, 2.45) is 16.5 Å². The van der Waals surface area contributed by atoms with Gasteiger partial charge in [0.05, 0.1) is 0 Å². The van der Waals surface area contributed by atoms with E-state index in [1.165, 1.54) is 17.0 Å². The van der Waals surface area contributed by atoms with Crippen LogP contribution in [0, 0.1) is 6.92 Å². The lowest BCUT2D eigenvalue weighted by atomic mass is 10.1. The van der Waals surface area contributed by atoms with E-state index < -0.39 is 60.0 Å². The summed E-state index contributed by atoms with van der Waals surface area (Å²) in [5, 5.41) is 17.9. The molecular formula is C34H41N7O9. The normalized spacial score (nSPS) is 15.1. The molecule has 2 aromatic carbocycles. The summed E-state index contributed by atoms with van der Waals surface area (Å²) >= 11 is 0. The number of aliphatic carboxylic acids is 1. The van der Waals surface area contributed by atoms with E-state index in [0.717, 1.165) is 0 Å². The van der Waals surface area contributed by atoms with Crippen molar-refractivity contribution in [2.75, 3.05) is 18.4 Å². The van der Waals surface area contributed by atoms with Crippen molar-refractivity contribution < 1.29 is 38.2 Å². The van der Waals surface area contributed by atoms with Crippen LogP contribution in [-0.2, 0) is 30.5 Å². The Labute approximate surface area is 287 Å². The Morgan fingerprint density at radius 2 is 1.80 bits per heavy atom. The minimum atomic E-state index is -1.28. The number of rotatable bonds is 15. The third kappa shape index (κ3) is 10.5. The van der Waals surface area contributed by atoms with Gasteiger partial charge in [-0.2, -0.15) is 0 Å². The van der Waals surface area contributed by atoms with Gasteiger partial charge in [-0.1, -0.05) is 30.3 Å². The second-order valence-electron chi connectivity index (χ2n) is 11.8. The molecule has 1 aliphatic heterocycles. The van der Waals surface area contributed by atoms with E-state index in [9.17, 15) is 33.9 Å². The Balaban J connectivity index is 1.47. The van der Waals surface area contributed by atoms with E-state index in [1.807, 2.05) is 0 Å². The number of nitrogens with one attached hydrogen (secondary N) is 3. The highest BCUT2D eigenvalue weighted by molar-refractivity contribution is 6.00. The van der Waals surface area contributed by atoms with Gasteiger partial charge in [-0.15, -0.1) is 0 Å². The maximum atomic E-state index is 13.7. The zero-order chi connectivity index (χ0) is 36.2. The molecule has 0 radical (unpaired) electrons. The third-order valence-electron chi connectivity index (χ3n) is 8.09. The molecule has 4 rings (SSSR count). The number of hydrogen-bond acceptors (Lipinski definition) is 9. The van der Waals surface area contributed by atoms with E-state index in [4.69, 9.17) is 20.6 Å². The monoisotopic (exact) mass is 691 g/mol. The molecule has 1 aromatic heterocycles. The largest absolute Gasteiger partial charge is 0.481 e. The molecule has 1 saturated heterocycles. The van der Waals surface area contributed by atoms with Crippen LogP contribution in [-0.4, -0.2) is 77.0 Å². The van der Waals surface area contributed by atoms with Gasteiger partial charge in [0.15, 0.2) is 5.96 Å². The Morgan fingerprint density at radius 3 is 2.52 bits per heavy atom. The SMILES string of the molecule is Cc1cc(=O)oc2cc(NC(=O)[C@H](CCCN=C(N)N)NC(=O)[C@@H]3CCCN3C(=O)[C@H](CCC(=O)O)NC(=O)OCc3ccccc3)ccc12. The van der Waals surface area contributed by atoms with Gasteiger partial charge in [0.25, 0.3) is 0 Å². The average molecular weight is 692 g/mol. The molecule has 1 aliphatic rings. The smallest absolute Gasteiger partial charge is 0.408 e. The Morgan fingerprint density at radius 1 is 1.04 bits per heavy atom. The summed E-state index contributed by atoms with van der Waals surface area (Å²) in [7, 11) is 0. The first kappa shape index (κ1) is 36.9. The van der Waals surface area contributed by atoms with Crippen molar-refractivity contribution in [3.8, 4) is 0 Å². The minimum Gasteiger partial charge on any atom is -0.481 e. The molecule has 0 unspecified atom stereocenters. The molecule has 3 atom stereocenters. The summed E-state index contributed by atoms with van der Waals surface area (Å²) in [4.78, 5) is 82.0. The molecule has 0 spiro atoms. The molecular weight excluding hydrogens is 650 g/mol. The lowest BCUT2D eigenvalue weighted by Gasteiger charge is -2.29. The number of fused-ring (bicyclic) bond motifs is 1. The number of alkyl carbamates (subject to hydrolysis) is 1. The number of nitrogens with zero attached hydrogens (tertiary/aromatic N) is 2. The molecule has 16 heteroatoms. The van der Waals surface area contributed by atoms with Gasteiger partial charge < -0.3 is 46.6 Å². The zero-order valence-electron chi connectivity index (χ0n) is 27.6. The number of amides is 4. The van der Waals surface area contributed by atoms with Crippen LogP contribution in [0.5, 0.6) is 0 Å². The summed E-state index contributed by atoms with van der Waals surface area (Å²) in [6, 6.07) is 11.7. The highest BCUT2D eigenvalue weighted by Gasteiger charge is 2.39. The molecule has 0 bridgehead atoms.